The third kappa shape index (κ3) is 3.95. The van der Waals surface area contributed by atoms with Crippen molar-refractivity contribution >= 4 is 34.0 Å². The molecule has 0 spiro atoms. The van der Waals surface area contributed by atoms with Gasteiger partial charge in [-0.1, -0.05) is 24.3 Å². The van der Waals surface area contributed by atoms with Crippen molar-refractivity contribution in [3.8, 4) is 0 Å². The Morgan fingerprint density at radius 3 is 2.74 bits per heavy atom. The monoisotopic (exact) mass is 360 g/mol. The van der Waals surface area contributed by atoms with Gasteiger partial charge in [0, 0.05) is 22.8 Å². The molecular formula is C21H17FN4O. The van der Waals surface area contributed by atoms with E-state index in [1.54, 1.807) is 30.5 Å². The topological polar surface area (TPSA) is 69.8 Å². The van der Waals surface area contributed by atoms with E-state index in [1.165, 1.54) is 12.1 Å². The summed E-state index contributed by atoms with van der Waals surface area (Å²) in [5.41, 5.74) is 3.17. The number of fused-ring (bicyclic) bond motifs is 1. The van der Waals surface area contributed by atoms with Crippen LogP contribution in [0.15, 0.2) is 73.1 Å². The van der Waals surface area contributed by atoms with Crippen LogP contribution in [-0.4, -0.2) is 15.9 Å². The molecular weight excluding hydrogens is 343 g/mol. The first kappa shape index (κ1) is 16.8. The van der Waals surface area contributed by atoms with Gasteiger partial charge < -0.3 is 15.6 Å². The molecule has 1 amide bonds. The van der Waals surface area contributed by atoms with Crippen molar-refractivity contribution in [1.29, 1.82) is 0 Å². The molecule has 0 saturated heterocycles. The van der Waals surface area contributed by atoms with Crippen LogP contribution in [0.3, 0.4) is 0 Å². The summed E-state index contributed by atoms with van der Waals surface area (Å²) in [5, 5.41) is 6.90. The number of benzene rings is 2. The summed E-state index contributed by atoms with van der Waals surface area (Å²) in [4.78, 5) is 19.7. The number of hydrogen-bond acceptors (Lipinski definition) is 3. The van der Waals surface area contributed by atoms with E-state index in [9.17, 15) is 9.18 Å². The van der Waals surface area contributed by atoms with Gasteiger partial charge in [-0.15, -0.1) is 0 Å². The van der Waals surface area contributed by atoms with Crippen molar-refractivity contribution in [3.05, 3.63) is 84.4 Å². The number of aromatic amines is 1. The molecule has 27 heavy (non-hydrogen) atoms. The average molecular weight is 360 g/mol. The number of hydrogen-bond donors (Lipinski definition) is 3. The van der Waals surface area contributed by atoms with E-state index >= 15 is 0 Å². The van der Waals surface area contributed by atoms with E-state index < -0.39 is 0 Å². The summed E-state index contributed by atoms with van der Waals surface area (Å²) in [5.74, 6) is 0.129. The van der Waals surface area contributed by atoms with E-state index in [-0.39, 0.29) is 18.1 Å². The molecule has 5 nitrogen and oxygen atoms in total. The first-order chi connectivity index (χ1) is 13.2. The Bertz CT molecular complexity index is 1090. The molecule has 0 saturated carbocycles. The fourth-order valence-corrected chi connectivity index (χ4v) is 2.91. The number of anilines is 3. The van der Waals surface area contributed by atoms with Crippen LogP contribution in [0.5, 0.6) is 0 Å². The van der Waals surface area contributed by atoms with Crippen molar-refractivity contribution in [3.63, 3.8) is 0 Å². The standard InChI is InChI=1S/C21H17FN4O/c22-15-4-3-5-16(11-15)25-20-9-8-17(13-24-20)26-21(27)10-14-12-23-19-7-2-1-6-18(14)19/h1-9,11-13,23H,10H2,(H,24,25)(H,26,27). The van der Waals surface area contributed by atoms with Gasteiger partial charge in [-0.05, 0) is 42.0 Å². The highest BCUT2D eigenvalue weighted by Crippen LogP contribution is 2.20. The molecule has 0 aliphatic rings. The van der Waals surface area contributed by atoms with Crippen LogP contribution < -0.4 is 10.6 Å². The van der Waals surface area contributed by atoms with Gasteiger partial charge in [0.1, 0.15) is 11.6 Å². The van der Waals surface area contributed by atoms with Gasteiger partial charge in [0.15, 0.2) is 0 Å². The lowest BCUT2D eigenvalue weighted by atomic mass is 10.1. The number of carbonyl (C=O) groups is 1. The summed E-state index contributed by atoms with van der Waals surface area (Å²) in [6, 6.07) is 17.5. The summed E-state index contributed by atoms with van der Waals surface area (Å²) in [7, 11) is 0. The van der Waals surface area contributed by atoms with E-state index in [1.807, 2.05) is 30.5 Å². The third-order valence-corrected chi connectivity index (χ3v) is 4.17. The minimum atomic E-state index is -0.318. The van der Waals surface area contributed by atoms with Crippen LogP contribution in [0.1, 0.15) is 5.56 Å². The molecule has 0 unspecified atom stereocenters. The number of nitrogens with zero attached hydrogens (tertiary/aromatic N) is 1. The molecule has 0 fully saturated rings. The molecule has 2 aromatic heterocycles. The highest BCUT2D eigenvalue weighted by atomic mass is 19.1. The van der Waals surface area contributed by atoms with Crippen LogP contribution in [0.2, 0.25) is 0 Å². The Morgan fingerprint density at radius 2 is 1.93 bits per heavy atom. The Hall–Kier alpha value is -3.67. The van der Waals surface area contributed by atoms with Crippen molar-refractivity contribution in [2.45, 2.75) is 6.42 Å². The minimum Gasteiger partial charge on any atom is -0.361 e. The van der Waals surface area contributed by atoms with Gasteiger partial charge in [-0.3, -0.25) is 4.79 Å². The maximum Gasteiger partial charge on any atom is 0.228 e. The number of halogens is 1. The van der Waals surface area contributed by atoms with E-state index in [4.69, 9.17) is 0 Å². The van der Waals surface area contributed by atoms with Crippen molar-refractivity contribution in [2.24, 2.45) is 0 Å². The first-order valence-electron chi connectivity index (χ1n) is 8.51. The van der Waals surface area contributed by atoms with Crippen LogP contribution in [0, 0.1) is 5.82 Å². The van der Waals surface area contributed by atoms with E-state index in [2.05, 4.69) is 20.6 Å². The van der Waals surface area contributed by atoms with Crippen LogP contribution in [0.25, 0.3) is 10.9 Å². The maximum atomic E-state index is 13.2. The van der Waals surface area contributed by atoms with Crippen LogP contribution >= 0.6 is 0 Å². The summed E-state index contributed by atoms with van der Waals surface area (Å²) < 4.78 is 13.2. The molecule has 6 heteroatoms. The van der Waals surface area contributed by atoms with Gasteiger partial charge in [-0.2, -0.15) is 0 Å². The summed E-state index contributed by atoms with van der Waals surface area (Å²) in [6.07, 6.45) is 3.69. The van der Waals surface area contributed by atoms with Gasteiger partial charge in [0.2, 0.25) is 5.91 Å². The average Bonchev–Trinajstić information content (AvgIpc) is 3.06. The largest absolute Gasteiger partial charge is 0.361 e. The Kier molecular flexibility index (Phi) is 4.53. The Balaban J connectivity index is 1.40. The maximum absolute atomic E-state index is 13.2. The number of H-pyrrole nitrogens is 1. The second-order valence-electron chi connectivity index (χ2n) is 6.15. The van der Waals surface area contributed by atoms with Gasteiger partial charge in [0.05, 0.1) is 18.3 Å². The van der Waals surface area contributed by atoms with E-state index in [0.717, 1.165) is 16.5 Å². The smallest absolute Gasteiger partial charge is 0.228 e. The number of carbonyl (C=O) groups excluding carboxylic acids is 1. The molecule has 2 aromatic carbocycles. The first-order valence-corrected chi connectivity index (χ1v) is 8.51. The number of aromatic nitrogens is 2. The Morgan fingerprint density at radius 1 is 1.04 bits per heavy atom. The number of amides is 1. The van der Waals surface area contributed by atoms with Gasteiger partial charge in [-0.25, -0.2) is 9.37 Å². The third-order valence-electron chi connectivity index (χ3n) is 4.17. The van der Waals surface area contributed by atoms with Crippen molar-refractivity contribution in [2.75, 3.05) is 10.6 Å². The molecule has 0 aliphatic heterocycles. The molecule has 0 aliphatic carbocycles. The fraction of sp³-hybridized carbons (Fsp3) is 0.0476. The predicted molar refractivity (Wildman–Crippen MR) is 105 cm³/mol. The van der Waals surface area contributed by atoms with E-state index in [0.29, 0.717) is 17.2 Å². The summed E-state index contributed by atoms with van der Waals surface area (Å²) in [6.45, 7) is 0. The molecule has 134 valence electrons. The highest BCUT2D eigenvalue weighted by molar-refractivity contribution is 5.95. The minimum absolute atomic E-state index is 0.118. The molecule has 4 rings (SSSR count). The lowest BCUT2D eigenvalue weighted by Crippen LogP contribution is -2.14. The highest BCUT2D eigenvalue weighted by Gasteiger charge is 2.09. The Labute approximate surface area is 155 Å². The summed E-state index contributed by atoms with van der Waals surface area (Å²) >= 11 is 0. The number of nitrogens with one attached hydrogen (secondary N) is 3. The molecule has 0 atom stereocenters. The number of para-hydroxylation sites is 1. The second kappa shape index (κ2) is 7.29. The lowest BCUT2D eigenvalue weighted by molar-refractivity contribution is -0.115. The SMILES string of the molecule is O=C(Cc1c[nH]c2ccccc12)Nc1ccc(Nc2cccc(F)c2)nc1. The molecule has 2 heterocycles. The zero-order valence-electron chi connectivity index (χ0n) is 14.4. The van der Waals surface area contributed by atoms with Crippen LogP contribution in [0.4, 0.5) is 21.6 Å². The predicted octanol–water partition coefficient (Wildman–Crippen LogP) is 4.63. The van der Waals surface area contributed by atoms with Crippen molar-refractivity contribution in [1.82, 2.24) is 9.97 Å². The number of pyridine rings is 1. The molecule has 0 bridgehead atoms. The molecule has 4 aromatic rings. The van der Waals surface area contributed by atoms with Crippen molar-refractivity contribution < 1.29 is 9.18 Å². The normalized spacial score (nSPS) is 10.7. The second-order valence-corrected chi connectivity index (χ2v) is 6.15. The molecule has 3 N–H and O–H groups in total. The quantitative estimate of drug-likeness (QED) is 0.486. The molecule has 0 radical (unpaired) electrons. The zero-order valence-corrected chi connectivity index (χ0v) is 14.4. The van der Waals surface area contributed by atoms with Gasteiger partial charge in [0.25, 0.3) is 0 Å². The van der Waals surface area contributed by atoms with Crippen LogP contribution in [-0.2, 0) is 11.2 Å². The lowest BCUT2D eigenvalue weighted by Gasteiger charge is -2.08. The number of rotatable bonds is 5. The van der Waals surface area contributed by atoms with Gasteiger partial charge >= 0.3 is 0 Å². The fourth-order valence-electron chi connectivity index (χ4n) is 2.91. The zero-order chi connectivity index (χ0) is 18.6.